The van der Waals surface area contributed by atoms with Gasteiger partial charge in [-0.25, -0.2) is 0 Å². The van der Waals surface area contributed by atoms with Gasteiger partial charge in [-0.3, -0.25) is 0 Å². The first kappa shape index (κ1) is 10.7. The molecule has 1 aliphatic carbocycles. The molecule has 78 valence electrons. The summed E-state index contributed by atoms with van der Waals surface area (Å²) in [4.78, 5) is 1.45. The highest BCUT2D eigenvalue weighted by atomic mass is 79.9. The third-order valence-corrected chi connectivity index (χ3v) is 5.15. The van der Waals surface area contributed by atoms with E-state index in [4.69, 9.17) is 5.73 Å². The maximum atomic E-state index is 6.19. The smallest absolute Gasteiger partial charge is 0.0317 e. The Labute approximate surface area is 97.8 Å². The number of thiophene rings is 1. The Balaban J connectivity index is 2.20. The molecule has 3 atom stereocenters. The minimum Gasteiger partial charge on any atom is -0.327 e. The molecule has 0 amide bonds. The van der Waals surface area contributed by atoms with E-state index in [0.29, 0.717) is 12.0 Å². The molecule has 3 unspecified atom stereocenters. The zero-order chi connectivity index (χ0) is 10.1. The van der Waals surface area contributed by atoms with Crippen LogP contribution in [0.3, 0.4) is 0 Å². The second-order valence-corrected chi connectivity index (χ2v) is 6.12. The summed E-state index contributed by atoms with van der Waals surface area (Å²) in [7, 11) is 0. The molecular weight excluding hydrogens is 258 g/mol. The summed E-state index contributed by atoms with van der Waals surface area (Å²) in [5, 5.41) is 2.14. The van der Waals surface area contributed by atoms with E-state index < -0.39 is 0 Å². The van der Waals surface area contributed by atoms with Gasteiger partial charge in [0.1, 0.15) is 0 Å². The Morgan fingerprint density at radius 3 is 2.93 bits per heavy atom. The first-order chi connectivity index (χ1) is 6.68. The molecule has 2 rings (SSSR count). The number of halogens is 1. The molecule has 0 radical (unpaired) electrons. The molecule has 1 aliphatic rings. The van der Waals surface area contributed by atoms with Crippen molar-refractivity contribution in [3.8, 4) is 0 Å². The molecule has 2 N–H and O–H groups in total. The Bertz CT molecular complexity index is 310. The fraction of sp³-hybridized carbons (Fsp3) is 0.636. The van der Waals surface area contributed by atoms with Crippen LogP contribution in [0.15, 0.2) is 15.9 Å². The lowest BCUT2D eigenvalue weighted by molar-refractivity contribution is 0.308. The Hall–Kier alpha value is 0.140. The molecule has 1 aromatic heterocycles. The molecule has 1 saturated carbocycles. The minimum atomic E-state index is 0.362. The lowest BCUT2D eigenvalue weighted by Crippen LogP contribution is -2.33. The van der Waals surface area contributed by atoms with Crippen LogP contribution in [0, 0.1) is 5.92 Å². The standard InChI is InChI=1S/C11H16BrNS/c1-7-2-3-10(13)8(6-7)11-9(12)4-5-14-11/h4-5,7-8,10H,2-3,6,13H2,1H3. The molecule has 14 heavy (non-hydrogen) atoms. The lowest BCUT2D eigenvalue weighted by Gasteiger charge is -2.32. The van der Waals surface area contributed by atoms with Gasteiger partial charge in [0.2, 0.25) is 0 Å². The van der Waals surface area contributed by atoms with Gasteiger partial charge < -0.3 is 5.73 Å². The average Bonchev–Trinajstić information content (AvgIpc) is 2.56. The van der Waals surface area contributed by atoms with Crippen molar-refractivity contribution >= 4 is 27.3 Å². The van der Waals surface area contributed by atoms with Gasteiger partial charge in [-0.05, 0) is 52.6 Å². The van der Waals surface area contributed by atoms with Crippen LogP contribution >= 0.6 is 27.3 Å². The summed E-state index contributed by atoms with van der Waals surface area (Å²) >= 11 is 5.44. The number of hydrogen-bond acceptors (Lipinski definition) is 2. The van der Waals surface area contributed by atoms with Crippen molar-refractivity contribution in [2.75, 3.05) is 0 Å². The molecule has 0 aromatic carbocycles. The van der Waals surface area contributed by atoms with Crippen molar-refractivity contribution in [2.24, 2.45) is 11.7 Å². The predicted molar refractivity (Wildman–Crippen MR) is 65.8 cm³/mol. The van der Waals surface area contributed by atoms with Crippen LogP contribution in [0.4, 0.5) is 0 Å². The molecule has 1 aromatic rings. The van der Waals surface area contributed by atoms with Crippen LogP contribution in [0.1, 0.15) is 37.0 Å². The Morgan fingerprint density at radius 1 is 1.50 bits per heavy atom. The molecule has 0 aliphatic heterocycles. The SMILES string of the molecule is CC1CCC(N)C(c2sccc2Br)C1. The van der Waals surface area contributed by atoms with E-state index in [0.717, 1.165) is 5.92 Å². The molecule has 0 spiro atoms. The fourth-order valence-electron chi connectivity index (χ4n) is 2.28. The first-order valence-corrected chi connectivity index (χ1v) is 6.84. The normalized spacial score (nSPS) is 33.2. The van der Waals surface area contributed by atoms with E-state index in [1.807, 2.05) is 11.3 Å². The van der Waals surface area contributed by atoms with Gasteiger partial charge in [0.05, 0.1) is 0 Å². The maximum absolute atomic E-state index is 6.19. The Kier molecular flexibility index (Phi) is 3.30. The van der Waals surface area contributed by atoms with Gasteiger partial charge in [0, 0.05) is 21.3 Å². The van der Waals surface area contributed by atoms with E-state index >= 15 is 0 Å². The van der Waals surface area contributed by atoms with E-state index in [2.05, 4.69) is 34.3 Å². The van der Waals surface area contributed by atoms with E-state index in [9.17, 15) is 0 Å². The van der Waals surface area contributed by atoms with Crippen molar-refractivity contribution in [3.05, 3.63) is 20.8 Å². The summed E-state index contributed by atoms with van der Waals surface area (Å²) in [6, 6.07) is 2.49. The van der Waals surface area contributed by atoms with Crippen molar-refractivity contribution in [3.63, 3.8) is 0 Å². The lowest BCUT2D eigenvalue weighted by atomic mass is 9.78. The molecule has 0 saturated heterocycles. The molecule has 1 heterocycles. The molecule has 0 bridgehead atoms. The zero-order valence-corrected chi connectivity index (χ0v) is 10.8. The molecule has 1 nitrogen and oxygen atoms in total. The monoisotopic (exact) mass is 273 g/mol. The summed E-state index contributed by atoms with van der Waals surface area (Å²) in [5.74, 6) is 1.40. The van der Waals surface area contributed by atoms with Crippen molar-refractivity contribution < 1.29 is 0 Å². The summed E-state index contributed by atoms with van der Waals surface area (Å²) in [6.45, 7) is 2.33. The Morgan fingerprint density at radius 2 is 2.29 bits per heavy atom. The largest absolute Gasteiger partial charge is 0.327 e. The molecule has 1 fully saturated rings. The number of nitrogens with two attached hydrogens (primary N) is 1. The topological polar surface area (TPSA) is 26.0 Å². The van der Waals surface area contributed by atoms with Crippen molar-refractivity contribution in [2.45, 2.75) is 38.1 Å². The highest BCUT2D eigenvalue weighted by Gasteiger charge is 2.29. The number of rotatable bonds is 1. The van der Waals surface area contributed by atoms with Gasteiger partial charge in [0.15, 0.2) is 0 Å². The number of hydrogen-bond donors (Lipinski definition) is 1. The fourth-order valence-corrected chi connectivity index (χ4v) is 4.13. The molecule has 3 heteroatoms. The van der Waals surface area contributed by atoms with Gasteiger partial charge in [-0.15, -0.1) is 11.3 Å². The summed E-state index contributed by atoms with van der Waals surface area (Å²) in [6.07, 6.45) is 3.72. The van der Waals surface area contributed by atoms with Crippen LogP contribution in [-0.2, 0) is 0 Å². The quantitative estimate of drug-likeness (QED) is 0.829. The second-order valence-electron chi connectivity index (χ2n) is 4.32. The zero-order valence-electron chi connectivity index (χ0n) is 8.37. The van der Waals surface area contributed by atoms with Crippen LogP contribution < -0.4 is 5.73 Å². The van der Waals surface area contributed by atoms with Gasteiger partial charge in [-0.2, -0.15) is 0 Å². The maximum Gasteiger partial charge on any atom is 0.0317 e. The average molecular weight is 274 g/mol. The molecular formula is C11H16BrNS. The van der Waals surface area contributed by atoms with Gasteiger partial charge in [0.25, 0.3) is 0 Å². The highest BCUT2D eigenvalue weighted by molar-refractivity contribution is 9.10. The van der Waals surface area contributed by atoms with Gasteiger partial charge in [-0.1, -0.05) is 6.92 Å². The van der Waals surface area contributed by atoms with Crippen molar-refractivity contribution in [1.29, 1.82) is 0 Å². The summed E-state index contributed by atoms with van der Waals surface area (Å²) < 4.78 is 1.25. The van der Waals surface area contributed by atoms with Gasteiger partial charge >= 0.3 is 0 Å². The van der Waals surface area contributed by atoms with Crippen LogP contribution in [0.5, 0.6) is 0 Å². The second kappa shape index (κ2) is 4.33. The summed E-state index contributed by atoms with van der Waals surface area (Å²) in [5.41, 5.74) is 6.19. The minimum absolute atomic E-state index is 0.362. The van der Waals surface area contributed by atoms with E-state index in [1.54, 1.807) is 0 Å². The highest BCUT2D eigenvalue weighted by Crippen LogP contribution is 2.40. The van der Waals surface area contributed by atoms with Crippen LogP contribution in [0.25, 0.3) is 0 Å². The first-order valence-electron chi connectivity index (χ1n) is 5.17. The predicted octanol–water partition coefficient (Wildman–Crippen LogP) is 3.74. The van der Waals surface area contributed by atoms with E-state index in [-0.39, 0.29) is 0 Å². The van der Waals surface area contributed by atoms with E-state index in [1.165, 1.54) is 28.6 Å². The van der Waals surface area contributed by atoms with Crippen LogP contribution in [0.2, 0.25) is 0 Å². The van der Waals surface area contributed by atoms with Crippen LogP contribution in [-0.4, -0.2) is 6.04 Å². The third-order valence-electron chi connectivity index (χ3n) is 3.15. The third kappa shape index (κ3) is 2.05. The van der Waals surface area contributed by atoms with Crippen molar-refractivity contribution in [1.82, 2.24) is 0 Å².